The summed E-state index contributed by atoms with van der Waals surface area (Å²) >= 11 is 7.40. The van der Waals surface area contributed by atoms with E-state index in [0.717, 1.165) is 16.7 Å². The van der Waals surface area contributed by atoms with Crippen LogP contribution < -0.4 is 11.1 Å². The predicted molar refractivity (Wildman–Crippen MR) is 87.9 cm³/mol. The van der Waals surface area contributed by atoms with E-state index >= 15 is 0 Å². The van der Waals surface area contributed by atoms with Crippen LogP contribution in [0, 0.1) is 0 Å². The number of thioether (sulfide) groups is 1. The number of hydrogen-bond acceptors (Lipinski definition) is 9. The second kappa shape index (κ2) is 7.03. The van der Waals surface area contributed by atoms with Crippen LogP contribution in [0.4, 0.5) is 4.79 Å². The molecule has 0 aromatic carbocycles. The smallest absolute Gasteiger partial charge is 0.404 e. The number of amides is 3. The van der Waals surface area contributed by atoms with Crippen LogP contribution in [0.3, 0.4) is 0 Å². The summed E-state index contributed by atoms with van der Waals surface area (Å²) in [5.74, 6) is -2.56. The Morgan fingerprint density at radius 2 is 2.26 bits per heavy atom. The fourth-order valence-electron chi connectivity index (χ4n) is 2.62. The fraction of sp³-hybridized carbons (Fsp3) is 0.417. The number of nitrogens with one attached hydrogen (secondary N) is 2. The highest BCUT2D eigenvalue weighted by Gasteiger charge is 2.65. The number of aromatic amines is 1. The van der Waals surface area contributed by atoms with Gasteiger partial charge in [0, 0.05) is 11.3 Å². The number of tetrazole rings is 1. The third kappa shape index (κ3) is 3.40. The van der Waals surface area contributed by atoms with E-state index in [0.29, 0.717) is 0 Å². The number of carboxylic acid groups (broad SMARTS) is 1. The number of ether oxygens (including phenoxy) is 1. The van der Waals surface area contributed by atoms with Gasteiger partial charge >= 0.3 is 12.1 Å². The van der Waals surface area contributed by atoms with E-state index in [2.05, 4.69) is 30.7 Å². The molecule has 5 N–H and O–H groups in total. The number of nitrogens with zero attached hydrogens (tertiary/aromatic N) is 4. The average Bonchev–Trinajstić information content (AvgIpc) is 3.11. The Morgan fingerprint density at radius 3 is 2.85 bits per heavy atom. The summed E-state index contributed by atoms with van der Waals surface area (Å²) in [6.45, 7) is -0.374. The first-order valence-corrected chi connectivity index (χ1v) is 8.72. The summed E-state index contributed by atoms with van der Waals surface area (Å²) in [5.41, 5.74) is 4.72. The minimum Gasteiger partial charge on any atom is -0.477 e. The summed E-state index contributed by atoms with van der Waals surface area (Å²) in [5, 5.41) is 23.6. The SMILES string of the molecule is NC(=O)OCC1=C(C(=O)O)N2C(=O)C(Cl)(NC(=O)Cc3nnn[nH]3)[C@@H]2SC1. The van der Waals surface area contributed by atoms with Crippen molar-refractivity contribution < 1.29 is 29.0 Å². The standard InChI is InChI=1S/C12H12ClN7O6S/c13-12(15-6(21)1-5-16-18-19-17-5)9(24)20-7(8(22)23)4(2-26-11(14)25)3-27-10(12)20/h10H,1-3H2,(H2,14,25)(H,15,21)(H,22,23)(H,16,17,18,19)/t10-,12?/m0/s1. The van der Waals surface area contributed by atoms with Crippen molar-refractivity contribution in [3.63, 3.8) is 0 Å². The van der Waals surface area contributed by atoms with Gasteiger partial charge in [-0.25, -0.2) is 14.7 Å². The molecule has 15 heteroatoms. The largest absolute Gasteiger partial charge is 0.477 e. The zero-order valence-corrected chi connectivity index (χ0v) is 14.9. The summed E-state index contributed by atoms with van der Waals surface area (Å²) in [4.78, 5) is 46.1. The number of carbonyl (C=O) groups excluding carboxylic acids is 3. The van der Waals surface area contributed by atoms with Crippen molar-refractivity contribution in [3.8, 4) is 0 Å². The Hall–Kier alpha value is -2.87. The molecule has 1 aromatic rings. The van der Waals surface area contributed by atoms with Gasteiger partial charge < -0.3 is 20.9 Å². The summed E-state index contributed by atoms with van der Waals surface area (Å²) in [6.07, 6.45) is -1.32. The average molecular weight is 418 g/mol. The monoisotopic (exact) mass is 417 g/mol. The number of H-pyrrole nitrogens is 1. The number of aliphatic carboxylic acids is 1. The number of primary amides is 1. The van der Waals surface area contributed by atoms with Gasteiger partial charge in [-0.1, -0.05) is 11.6 Å². The number of alkyl halides is 1. The molecule has 2 aliphatic rings. The van der Waals surface area contributed by atoms with Crippen molar-refractivity contribution in [1.29, 1.82) is 0 Å². The van der Waals surface area contributed by atoms with Crippen LogP contribution in [-0.4, -0.2) is 77.2 Å². The molecule has 0 aliphatic carbocycles. The molecule has 2 aliphatic heterocycles. The fourth-order valence-corrected chi connectivity index (χ4v) is 4.42. The third-order valence-corrected chi connectivity index (χ3v) is 5.71. The van der Waals surface area contributed by atoms with Gasteiger partial charge in [0.2, 0.25) is 10.9 Å². The molecule has 1 unspecified atom stereocenters. The first-order chi connectivity index (χ1) is 12.7. The minimum atomic E-state index is -1.81. The van der Waals surface area contributed by atoms with Gasteiger partial charge in [-0.05, 0) is 10.4 Å². The van der Waals surface area contributed by atoms with Crippen molar-refractivity contribution in [1.82, 2.24) is 30.8 Å². The number of rotatable bonds is 6. The lowest BCUT2D eigenvalue weighted by Crippen LogP contribution is -2.77. The molecule has 27 heavy (non-hydrogen) atoms. The van der Waals surface area contributed by atoms with Gasteiger partial charge in [-0.3, -0.25) is 14.5 Å². The van der Waals surface area contributed by atoms with E-state index in [-0.39, 0.29) is 35.9 Å². The molecule has 3 amide bonds. The lowest BCUT2D eigenvalue weighted by Gasteiger charge is -2.53. The van der Waals surface area contributed by atoms with Crippen LogP contribution in [-0.2, 0) is 25.5 Å². The Balaban J connectivity index is 1.76. The number of fused-ring (bicyclic) bond motifs is 1. The highest BCUT2D eigenvalue weighted by atomic mass is 35.5. The molecule has 0 spiro atoms. The predicted octanol–water partition coefficient (Wildman–Crippen LogP) is -1.86. The maximum absolute atomic E-state index is 12.5. The Bertz CT molecular complexity index is 845. The third-order valence-electron chi connectivity index (χ3n) is 3.73. The van der Waals surface area contributed by atoms with Gasteiger partial charge in [0.1, 0.15) is 17.7 Å². The second-order valence-electron chi connectivity index (χ2n) is 5.49. The molecule has 1 fully saturated rings. The number of carboxylic acids is 1. The van der Waals surface area contributed by atoms with Gasteiger partial charge in [0.25, 0.3) is 5.91 Å². The van der Waals surface area contributed by atoms with E-state index < -0.39 is 34.2 Å². The van der Waals surface area contributed by atoms with Gasteiger partial charge in [-0.15, -0.1) is 16.9 Å². The second-order valence-corrected chi connectivity index (χ2v) is 7.15. The van der Waals surface area contributed by atoms with Gasteiger partial charge in [-0.2, -0.15) is 0 Å². The van der Waals surface area contributed by atoms with E-state index in [1.807, 2.05) is 0 Å². The van der Waals surface area contributed by atoms with Crippen LogP contribution in [0.5, 0.6) is 0 Å². The Labute approximate surface area is 159 Å². The van der Waals surface area contributed by atoms with Crippen LogP contribution in [0.2, 0.25) is 0 Å². The van der Waals surface area contributed by atoms with E-state index in [4.69, 9.17) is 17.3 Å². The highest BCUT2D eigenvalue weighted by Crippen LogP contribution is 2.48. The first kappa shape index (κ1) is 18.9. The normalized spacial score (nSPS) is 24.1. The number of β-lactam (4-membered cyclic amide) rings is 1. The zero-order chi connectivity index (χ0) is 19.8. The van der Waals surface area contributed by atoms with Crippen LogP contribution in [0.15, 0.2) is 11.3 Å². The topological polar surface area (TPSA) is 193 Å². The maximum atomic E-state index is 12.5. The van der Waals surface area contributed by atoms with E-state index in [1.54, 1.807) is 0 Å². The number of hydrogen-bond donors (Lipinski definition) is 4. The van der Waals surface area contributed by atoms with Crippen LogP contribution in [0.1, 0.15) is 5.82 Å². The summed E-state index contributed by atoms with van der Waals surface area (Å²) < 4.78 is 4.62. The molecule has 2 atom stereocenters. The molecule has 1 saturated heterocycles. The lowest BCUT2D eigenvalue weighted by molar-refractivity contribution is -0.153. The maximum Gasteiger partial charge on any atom is 0.404 e. The van der Waals surface area contributed by atoms with Gasteiger partial charge in [0.05, 0.1) is 6.42 Å². The van der Waals surface area contributed by atoms with Gasteiger partial charge in [0.15, 0.2) is 5.82 Å². The number of carbonyl (C=O) groups is 4. The molecule has 0 bridgehead atoms. The minimum absolute atomic E-state index is 0.111. The molecule has 3 rings (SSSR count). The summed E-state index contributed by atoms with van der Waals surface area (Å²) in [6, 6.07) is 0. The molecule has 144 valence electrons. The summed E-state index contributed by atoms with van der Waals surface area (Å²) in [7, 11) is 0. The van der Waals surface area contributed by atoms with Crippen molar-refractivity contribution in [2.24, 2.45) is 5.73 Å². The van der Waals surface area contributed by atoms with Crippen molar-refractivity contribution >= 4 is 47.2 Å². The zero-order valence-electron chi connectivity index (χ0n) is 13.3. The molecule has 0 radical (unpaired) electrons. The Morgan fingerprint density at radius 1 is 1.52 bits per heavy atom. The lowest BCUT2D eigenvalue weighted by atomic mass is 10.0. The van der Waals surface area contributed by atoms with Crippen molar-refractivity contribution in [2.75, 3.05) is 12.4 Å². The van der Waals surface area contributed by atoms with Crippen LogP contribution >= 0.6 is 23.4 Å². The first-order valence-electron chi connectivity index (χ1n) is 7.29. The number of aromatic nitrogens is 4. The molecular weight excluding hydrogens is 406 g/mol. The molecule has 1 aromatic heterocycles. The Kier molecular flexibility index (Phi) is 4.93. The van der Waals surface area contributed by atoms with E-state index in [1.165, 1.54) is 0 Å². The molecule has 0 saturated carbocycles. The number of nitrogens with two attached hydrogens (primary N) is 1. The molecular formula is C12H12ClN7O6S. The molecule has 13 nitrogen and oxygen atoms in total. The van der Waals surface area contributed by atoms with Crippen molar-refractivity contribution in [2.45, 2.75) is 16.8 Å². The molecule has 3 heterocycles. The van der Waals surface area contributed by atoms with E-state index in [9.17, 15) is 24.3 Å². The number of halogens is 1. The highest BCUT2D eigenvalue weighted by molar-refractivity contribution is 8.00. The van der Waals surface area contributed by atoms with Crippen molar-refractivity contribution in [3.05, 3.63) is 17.1 Å². The quantitative estimate of drug-likeness (QED) is 0.231. The van der Waals surface area contributed by atoms with Crippen LogP contribution in [0.25, 0.3) is 0 Å².